The van der Waals surface area contributed by atoms with Gasteiger partial charge in [-0.2, -0.15) is 0 Å². The fourth-order valence-corrected chi connectivity index (χ4v) is 0.761. The van der Waals surface area contributed by atoms with E-state index in [-0.39, 0.29) is 0 Å². The number of hydrogen-bond acceptors (Lipinski definition) is 0. The Morgan fingerprint density at radius 1 is 1.38 bits per heavy atom. The summed E-state index contributed by atoms with van der Waals surface area (Å²) >= 11 is 0. The van der Waals surface area contributed by atoms with Crippen LogP contribution in [-0.4, -0.2) is 12.3 Å². The summed E-state index contributed by atoms with van der Waals surface area (Å²) in [5.74, 6) is 0. The van der Waals surface area contributed by atoms with Crippen LogP contribution in [0.5, 0.6) is 0 Å². The minimum absolute atomic E-state index is 0.345. The first-order valence-corrected chi connectivity index (χ1v) is 2.75. The van der Waals surface area contributed by atoms with Crippen LogP contribution in [0, 0.1) is 0 Å². The van der Waals surface area contributed by atoms with Crippen molar-refractivity contribution >= 4 is 0 Å². The van der Waals surface area contributed by atoms with Crippen molar-refractivity contribution in [1.29, 1.82) is 0 Å². The molecule has 0 bridgehead atoms. The van der Waals surface area contributed by atoms with E-state index in [1.807, 2.05) is 0 Å². The van der Waals surface area contributed by atoms with Crippen molar-refractivity contribution in [2.75, 3.05) is 0 Å². The van der Waals surface area contributed by atoms with Gasteiger partial charge in [-0.3, -0.25) is 0 Å². The maximum absolute atomic E-state index is 12.2. The summed E-state index contributed by atoms with van der Waals surface area (Å²) in [4.78, 5) is 0. The van der Waals surface area contributed by atoms with E-state index >= 15 is 0 Å². The van der Waals surface area contributed by atoms with Gasteiger partial charge in [0.2, 0.25) is 0 Å². The fraction of sp³-hybridized carbons (Fsp3) is 0.667. The van der Waals surface area contributed by atoms with E-state index in [9.17, 15) is 8.78 Å². The molecule has 2 unspecified atom stereocenters. The zero-order chi connectivity index (χ0) is 5.98. The number of halogens is 2. The quantitative estimate of drug-likeness (QED) is 0.427. The van der Waals surface area contributed by atoms with Crippen LogP contribution in [0.4, 0.5) is 8.78 Å². The summed E-state index contributed by atoms with van der Waals surface area (Å²) in [7, 11) is 0. The van der Waals surface area contributed by atoms with E-state index in [0.29, 0.717) is 12.8 Å². The van der Waals surface area contributed by atoms with Crippen LogP contribution in [0.25, 0.3) is 0 Å². The third-order valence-electron chi connectivity index (χ3n) is 1.27. The molecule has 0 aromatic carbocycles. The van der Waals surface area contributed by atoms with Gasteiger partial charge < -0.3 is 0 Å². The van der Waals surface area contributed by atoms with Crippen LogP contribution in [0.2, 0.25) is 0 Å². The van der Waals surface area contributed by atoms with E-state index in [1.54, 1.807) is 6.08 Å². The Bertz CT molecular complexity index is 98.7. The summed E-state index contributed by atoms with van der Waals surface area (Å²) in [5, 5.41) is 0. The van der Waals surface area contributed by atoms with Gasteiger partial charge in [-0.05, 0) is 12.8 Å². The van der Waals surface area contributed by atoms with Crippen LogP contribution in [0.15, 0.2) is 12.2 Å². The third-order valence-corrected chi connectivity index (χ3v) is 1.27. The molecule has 0 heterocycles. The number of rotatable bonds is 0. The zero-order valence-electron chi connectivity index (χ0n) is 4.48. The highest BCUT2D eigenvalue weighted by atomic mass is 19.2. The third kappa shape index (κ3) is 1.05. The molecule has 0 nitrogen and oxygen atoms in total. The highest BCUT2D eigenvalue weighted by Crippen LogP contribution is 2.16. The Balaban J connectivity index is 2.47. The van der Waals surface area contributed by atoms with Crippen LogP contribution < -0.4 is 0 Å². The maximum atomic E-state index is 12.2. The van der Waals surface area contributed by atoms with Gasteiger partial charge in [-0.25, -0.2) is 8.78 Å². The molecule has 0 N–H and O–H groups in total. The molecule has 0 aliphatic heterocycles. The molecule has 0 saturated carbocycles. The van der Waals surface area contributed by atoms with Gasteiger partial charge in [-0.15, -0.1) is 0 Å². The highest BCUT2D eigenvalue weighted by molar-refractivity contribution is 4.97. The molecule has 2 atom stereocenters. The van der Waals surface area contributed by atoms with Crippen molar-refractivity contribution in [2.45, 2.75) is 25.2 Å². The molecule has 46 valence electrons. The molecule has 8 heavy (non-hydrogen) atoms. The van der Waals surface area contributed by atoms with Crippen LogP contribution in [0.3, 0.4) is 0 Å². The van der Waals surface area contributed by atoms with Gasteiger partial charge in [0.15, 0.2) is 0 Å². The number of allylic oxidation sites excluding steroid dienone is 2. The standard InChI is InChI=1S/C6H8F2/c7-5-3-1-2-4-6(5)8/h1,3,5-6H,2,4H2. The minimum Gasteiger partial charge on any atom is -0.244 e. The van der Waals surface area contributed by atoms with Crippen LogP contribution in [-0.2, 0) is 0 Å². The van der Waals surface area contributed by atoms with Gasteiger partial charge in [0.25, 0.3) is 0 Å². The highest BCUT2D eigenvalue weighted by Gasteiger charge is 2.18. The van der Waals surface area contributed by atoms with Gasteiger partial charge in [0, 0.05) is 0 Å². The van der Waals surface area contributed by atoms with E-state index in [1.165, 1.54) is 6.08 Å². The maximum Gasteiger partial charge on any atom is 0.149 e. The fourth-order valence-electron chi connectivity index (χ4n) is 0.761. The lowest BCUT2D eigenvalue weighted by atomic mass is 10.0. The monoisotopic (exact) mass is 118 g/mol. The van der Waals surface area contributed by atoms with Gasteiger partial charge >= 0.3 is 0 Å². The second-order valence-electron chi connectivity index (χ2n) is 1.97. The average molecular weight is 118 g/mol. The molecule has 0 spiro atoms. The molecule has 0 saturated heterocycles. The summed E-state index contributed by atoms with van der Waals surface area (Å²) < 4.78 is 24.3. The Morgan fingerprint density at radius 3 is 2.50 bits per heavy atom. The van der Waals surface area contributed by atoms with Crippen molar-refractivity contribution in [3.63, 3.8) is 0 Å². The molecule has 2 heteroatoms. The average Bonchev–Trinajstić information content (AvgIpc) is 1.77. The van der Waals surface area contributed by atoms with Crippen molar-refractivity contribution in [1.82, 2.24) is 0 Å². The lowest BCUT2D eigenvalue weighted by molar-refractivity contribution is 0.187. The lowest BCUT2D eigenvalue weighted by Gasteiger charge is -2.12. The van der Waals surface area contributed by atoms with Crippen molar-refractivity contribution in [3.05, 3.63) is 12.2 Å². The zero-order valence-corrected chi connectivity index (χ0v) is 4.48. The predicted molar refractivity (Wildman–Crippen MR) is 28.2 cm³/mol. The Morgan fingerprint density at radius 2 is 2.12 bits per heavy atom. The molecule has 0 fully saturated rings. The van der Waals surface area contributed by atoms with Crippen molar-refractivity contribution in [3.8, 4) is 0 Å². The molecule has 1 aliphatic rings. The van der Waals surface area contributed by atoms with Gasteiger partial charge in [0.1, 0.15) is 12.3 Å². The van der Waals surface area contributed by atoms with E-state index < -0.39 is 12.3 Å². The molecular formula is C6H8F2. The number of alkyl halides is 2. The van der Waals surface area contributed by atoms with Crippen LogP contribution in [0.1, 0.15) is 12.8 Å². The molecular weight excluding hydrogens is 110 g/mol. The van der Waals surface area contributed by atoms with E-state index in [4.69, 9.17) is 0 Å². The first-order chi connectivity index (χ1) is 3.80. The van der Waals surface area contributed by atoms with Crippen LogP contribution >= 0.6 is 0 Å². The Hall–Kier alpha value is -0.400. The van der Waals surface area contributed by atoms with E-state index in [0.717, 1.165) is 0 Å². The predicted octanol–water partition coefficient (Wildman–Crippen LogP) is 2.01. The van der Waals surface area contributed by atoms with Gasteiger partial charge in [-0.1, -0.05) is 12.2 Å². The first-order valence-electron chi connectivity index (χ1n) is 2.75. The Labute approximate surface area is 47.2 Å². The SMILES string of the molecule is FC1C=CCCC1F. The summed E-state index contributed by atoms with van der Waals surface area (Å²) in [6.45, 7) is 0. The van der Waals surface area contributed by atoms with Crippen molar-refractivity contribution in [2.24, 2.45) is 0 Å². The smallest absolute Gasteiger partial charge is 0.149 e. The topological polar surface area (TPSA) is 0 Å². The molecule has 0 aromatic heterocycles. The Kier molecular flexibility index (Phi) is 1.61. The first kappa shape index (κ1) is 5.73. The lowest BCUT2D eigenvalue weighted by Crippen LogP contribution is -2.16. The minimum atomic E-state index is -1.34. The summed E-state index contributed by atoms with van der Waals surface area (Å²) in [6.07, 6.45) is 1.40. The van der Waals surface area contributed by atoms with E-state index in [2.05, 4.69) is 0 Å². The number of hydrogen-bond donors (Lipinski definition) is 0. The second-order valence-corrected chi connectivity index (χ2v) is 1.97. The molecule has 1 aliphatic carbocycles. The van der Waals surface area contributed by atoms with Crippen molar-refractivity contribution < 1.29 is 8.78 Å². The second kappa shape index (κ2) is 2.25. The largest absolute Gasteiger partial charge is 0.244 e. The summed E-state index contributed by atoms with van der Waals surface area (Å²) in [6, 6.07) is 0. The molecule has 0 radical (unpaired) electrons. The molecule has 0 aromatic rings. The molecule has 0 amide bonds. The molecule has 1 rings (SSSR count). The normalized spacial score (nSPS) is 37.8. The summed E-state index contributed by atoms with van der Waals surface area (Å²) in [5.41, 5.74) is 0. The van der Waals surface area contributed by atoms with Gasteiger partial charge in [0.05, 0.1) is 0 Å².